The SMILES string of the molecule is CC(=O)N[C@H]1[C@H](O[C@H]2[C@H](O)[C@@H](O)[C@@H](O)O[C@@H]2CO)O[C@H](CO)[C@@H](O[C@@H]2O[C@H](CO)[C@H](O)[C@H](O[C@@H]3O[C@H](CO)[C@@H](O[C@@H]4O[C@H](CO)[C@H](O)[C@H](O)[C@H]4O[C@@H]4O[C@@H](C)[C@@H](O)[C@@H](O)[C@@H]4O)[C@H](O[C@@H]4O[C@@H](C)[C@@H](O)[C@@H](O)[C@@H]4O)[C@H]3NC(C)=O)[C@H]2O)[C@@H]1O[C@@H]1O[C@@H](C)[C@@H](O)[C@@H](O)[C@@H]1O. The molecule has 92 heavy (non-hydrogen) atoms. The van der Waals surface area contributed by atoms with Crippen LogP contribution in [0.4, 0.5) is 0 Å². The lowest BCUT2D eigenvalue weighted by Gasteiger charge is -2.52. The minimum absolute atomic E-state index is 0.905. The van der Waals surface area contributed by atoms with Gasteiger partial charge in [0.2, 0.25) is 11.8 Å². The average Bonchev–Trinajstić information content (AvgIpc) is 0.768. The summed E-state index contributed by atoms with van der Waals surface area (Å²) in [4.78, 5) is 26.5. The van der Waals surface area contributed by atoms with Gasteiger partial charge >= 0.3 is 0 Å². The second-order valence-electron chi connectivity index (χ2n) is 23.8. The van der Waals surface area contributed by atoms with Gasteiger partial charge in [-0.05, 0) is 20.8 Å². The van der Waals surface area contributed by atoms with E-state index >= 15 is 0 Å². The van der Waals surface area contributed by atoms with E-state index in [0.29, 0.717) is 0 Å². The number of carbonyl (C=O) groups excluding carboxylic acids is 2. The molecule has 8 saturated heterocycles. The lowest BCUT2D eigenvalue weighted by atomic mass is 9.93. The van der Waals surface area contributed by atoms with Crippen molar-refractivity contribution >= 4 is 11.8 Å². The van der Waals surface area contributed by atoms with Gasteiger partial charge in [-0.25, -0.2) is 0 Å². The summed E-state index contributed by atoms with van der Waals surface area (Å²) in [7, 11) is 0. The molecule has 0 aliphatic carbocycles. The Bertz CT molecular complexity index is 2330. The van der Waals surface area contributed by atoms with E-state index in [1.807, 2.05) is 0 Å². The van der Waals surface area contributed by atoms with Crippen LogP contribution in [0.25, 0.3) is 0 Å². The third-order valence-electron chi connectivity index (χ3n) is 17.3. The zero-order valence-corrected chi connectivity index (χ0v) is 50.0. The van der Waals surface area contributed by atoms with Gasteiger partial charge < -0.3 is 189 Å². The van der Waals surface area contributed by atoms with Crippen LogP contribution in [0.5, 0.6) is 0 Å². The molecule has 0 unspecified atom stereocenters. The van der Waals surface area contributed by atoms with Crippen LogP contribution in [0.1, 0.15) is 34.6 Å². The van der Waals surface area contributed by atoms with Gasteiger partial charge in [0, 0.05) is 13.8 Å². The smallest absolute Gasteiger partial charge is 0.217 e. The predicted octanol–water partition coefficient (Wildman–Crippen LogP) is -15.1. The van der Waals surface area contributed by atoms with E-state index < -0.39 is 290 Å². The van der Waals surface area contributed by atoms with Crippen molar-refractivity contribution in [1.82, 2.24) is 10.6 Å². The fraction of sp³-hybridized carbons (Fsp3) is 0.962. The third kappa shape index (κ3) is 15.8. The molecule has 0 aromatic carbocycles. The number of amides is 2. The molecule has 0 bridgehead atoms. The zero-order chi connectivity index (χ0) is 67.8. The van der Waals surface area contributed by atoms with Crippen molar-refractivity contribution < 1.29 is 188 Å². The Kier molecular flexibility index (Phi) is 26.2. The highest BCUT2D eigenvalue weighted by molar-refractivity contribution is 5.73. The number of hydrogen-bond donors (Lipinski definition) is 23. The van der Waals surface area contributed by atoms with Crippen molar-refractivity contribution in [2.45, 2.75) is 280 Å². The summed E-state index contributed by atoms with van der Waals surface area (Å²) in [6, 6.07) is -3.83. The summed E-state index contributed by atoms with van der Waals surface area (Å²) in [5.41, 5.74) is 0. The van der Waals surface area contributed by atoms with E-state index in [9.17, 15) is 117 Å². The van der Waals surface area contributed by atoms with Gasteiger partial charge in [0.25, 0.3) is 0 Å². The standard InChI is InChI=1S/C52H88N2O38/c1-11-23(62)28(67)34(73)48(78-11)89-41-21(53-14(4)60)46(86-38-18(8-57)81-45(77)33(72)32(38)71)84-19(9-58)39(41)87-51-37(76)43(27(66)17(7-56)82-51)91-47-22(54-15(5)61)42(90-49-35(74)29(68)24(63)12(2)79-49)40(20(10-59)85-47)88-52-44(31(70)26(65)16(6-55)83-52)92-50-36(75)30(69)25(64)13(3)80-50/h11-13,16-52,55-59,62-77H,6-10H2,1-5H3,(H,53,60)(H,54,61)/t11-,12-,13-,16+,17+,18+,19+,20+,21+,22+,23+,24+,25+,26-,27-,28+,29+,30+,31-,32+,33+,34-,35-,36-,37+,38+,39+,40+,41+,42+,43-,44+,45-,46-,47-,48-,49-,50-,51-,52-/m0/s1. The number of nitrogens with one attached hydrogen (secondary N) is 2. The van der Waals surface area contributed by atoms with Crippen LogP contribution in [0.3, 0.4) is 0 Å². The van der Waals surface area contributed by atoms with Crippen molar-refractivity contribution in [2.75, 3.05) is 33.0 Å². The Labute approximate surface area is 522 Å². The normalized spacial score (nSPS) is 52.1. The van der Waals surface area contributed by atoms with E-state index in [-0.39, 0.29) is 0 Å². The largest absolute Gasteiger partial charge is 0.394 e. The van der Waals surface area contributed by atoms with Gasteiger partial charge in [-0.1, -0.05) is 0 Å². The van der Waals surface area contributed by atoms with Crippen LogP contribution in [-0.2, 0) is 80.6 Å². The molecule has 0 spiro atoms. The Balaban J connectivity index is 1.16. The van der Waals surface area contributed by atoms with Crippen LogP contribution in [-0.4, -0.2) is 398 Å². The predicted molar refractivity (Wildman–Crippen MR) is 283 cm³/mol. The maximum atomic E-state index is 13.4. The summed E-state index contributed by atoms with van der Waals surface area (Å²) < 4.78 is 89.8. The Morgan fingerprint density at radius 1 is 0.283 bits per heavy atom. The molecular formula is C52H88N2O38. The van der Waals surface area contributed by atoms with Crippen LogP contribution < -0.4 is 10.6 Å². The van der Waals surface area contributed by atoms with Gasteiger partial charge in [-0.2, -0.15) is 0 Å². The minimum Gasteiger partial charge on any atom is -0.394 e. The number of ether oxygens (including phenoxy) is 15. The van der Waals surface area contributed by atoms with E-state index in [4.69, 9.17) is 71.1 Å². The third-order valence-corrected chi connectivity index (χ3v) is 17.3. The topological polar surface area (TPSA) is 621 Å². The van der Waals surface area contributed by atoms with Crippen LogP contribution in [0.15, 0.2) is 0 Å². The molecule has 40 atom stereocenters. The van der Waals surface area contributed by atoms with Crippen molar-refractivity contribution in [3.05, 3.63) is 0 Å². The van der Waals surface area contributed by atoms with E-state index in [2.05, 4.69) is 10.6 Å². The van der Waals surface area contributed by atoms with Crippen molar-refractivity contribution in [1.29, 1.82) is 0 Å². The van der Waals surface area contributed by atoms with E-state index in [1.54, 1.807) is 0 Å². The first-order chi connectivity index (χ1) is 43.4. The molecular weight excluding hydrogens is 1260 g/mol. The summed E-state index contributed by atoms with van der Waals surface area (Å²) in [6.45, 7) is 0.283. The second-order valence-corrected chi connectivity index (χ2v) is 23.8. The second kappa shape index (κ2) is 32.0. The molecule has 0 saturated carbocycles. The van der Waals surface area contributed by atoms with Crippen molar-refractivity contribution in [2.24, 2.45) is 0 Å². The highest BCUT2D eigenvalue weighted by atomic mass is 16.8. The molecule has 8 fully saturated rings. The summed E-state index contributed by atoms with van der Waals surface area (Å²) >= 11 is 0. The molecule has 23 N–H and O–H groups in total. The average molecular weight is 1350 g/mol. The number of aliphatic hydroxyl groups excluding tert-OH is 21. The van der Waals surface area contributed by atoms with E-state index in [1.165, 1.54) is 20.8 Å². The molecule has 534 valence electrons. The first kappa shape index (κ1) is 75.3. The molecule has 8 aliphatic rings. The van der Waals surface area contributed by atoms with Crippen LogP contribution in [0.2, 0.25) is 0 Å². The Morgan fingerprint density at radius 2 is 0.587 bits per heavy atom. The molecule has 8 aliphatic heterocycles. The fourth-order valence-corrected chi connectivity index (χ4v) is 12.1. The zero-order valence-electron chi connectivity index (χ0n) is 50.0. The molecule has 0 aromatic heterocycles. The fourth-order valence-electron chi connectivity index (χ4n) is 12.1. The summed E-state index contributed by atoms with van der Waals surface area (Å²) in [5.74, 6) is -1.87. The van der Waals surface area contributed by atoms with Crippen LogP contribution in [0, 0.1) is 0 Å². The first-order valence-electron chi connectivity index (χ1n) is 29.7. The van der Waals surface area contributed by atoms with Gasteiger partial charge in [-0.15, -0.1) is 0 Å². The molecule has 0 radical (unpaired) electrons. The molecule has 8 rings (SSSR count). The van der Waals surface area contributed by atoms with Crippen molar-refractivity contribution in [3.63, 3.8) is 0 Å². The highest BCUT2D eigenvalue weighted by Gasteiger charge is 2.61. The number of rotatable bonds is 21. The Morgan fingerprint density at radius 3 is 0.989 bits per heavy atom. The first-order valence-corrected chi connectivity index (χ1v) is 29.7. The summed E-state index contributed by atoms with van der Waals surface area (Å²) in [6.07, 6.45) is -74.0. The van der Waals surface area contributed by atoms with E-state index in [0.717, 1.165) is 13.8 Å². The molecule has 2 amide bonds. The number of hydrogen-bond acceptors (Lipinski definition) is 38. The number of carbonyl (C=O) groups is 2. The Hall–Kier alpha value is -2.50. The molecule has 40 heteroatoms. The maximum Gasteiger partial charge on any atom is 0.217 e. The summed E-state index contributed by atoms with van der Waals surface area (Å²) in [5, 5.41) is 235. The number of aliphatic hydroxyl groups is 21. The van der Waals surface area contributed by atoms with Gasteiger partial charge in [0.05, 0.1) is 51.3 Å². The van der Waals surface area contributed by atoms with Crippen molar-refractivity contribution in [3.8, 4) is 0 Å². The maximum absolute atomic E-state index is 13.4. The molecule has 40 nitrogen and oxygen atoms in total. The quantitative estimate of drug-likeness (QED) is 0.0507. The van der Waals surface area contributed by atoms with Gasteiger partial charge in [-0.3, -0.25) is 9.59 Å². The lowest BCUT2D eigenvalue weighted by Crippen LogP contribution is -2.72. The van der Waals surface area contributed by atoms with Gasteiger partial charge in [0.1, 0.15) is 177 Å². The van der Waals surface area contributed by atoms with Crippen LogP contribution >= 0.6 is 0 Å². The van der Waals surface area contributed by atoms with Gasteiger partial charge in [0.15, 0.2) is 50.3 Å². The minimum atomic E-state index is -2.41. The lowest BCUT2D eigenvalue weighted by molar-refractivity contribution is -0.403. The highest BCUT2D eigenvalue weighted by Crippen LogP contribution is 2.40. The monoisotopic (exact) mass is 1350 g/mol. The molecule has 0 aromatic rings. The molecule has 8 heterocycles.